The molecule has 2 N–H and O–H groups in total. The van der Waals surface area contributed by atoms with Crippen molar-refractivity contribution in [3.8, 4) is 5.75 Å². The Morgan fingerprint density at radius 1 is 1.11 bits per heavy atom. The van der Waals surface area contributed by atoms with Gasteiger partial charge in [0.25, 0.3) is 10.0 Å². The fourth-order valence-electron chi connectivity index (χ4n) is 2.34. The van der Waals surface area contributed by atoms with E-state index in [2.05, 4.69) is 4.72 Å². The van der Waals surface area contributed by atoms with Gasteiger partial charge in [0, 0.05) is 5.69 Å². The first-order chi connectivity index (χ1) is 13.0. The highest BCUT2D eigenvalue weighted by Crippen LogP contribution is 2.27. The molecule has 0 aliphatic rings. The summed E-state index contributed by atoms with van der Waals surface area (Å²) in [4.78, 5) is 11.5. The maximum Gasteiger partial charge on any atom is 0.405 e. The van der Waals surface area contributed by atoms with Gasteiger partial charge in [-0.25, -0.2) is 8.42 Å². The Morgan fingerprint density at radius 2 is 1.75 bits per heavy atom. The van der Waals surface area contributed by atoms with Gasteiger partial charge in [0.15, 0.2) is 0 Å². The van der Waals surface area contributed by atoms with E-state index in [0.29, 0.717) is 5.56 Å². The smallest absolute Gasteiger partial charge is 0.405 e. The summed E-state index contributed by atoms with van der Waals surface area (Å²) < 4.78 is 69.0. The zero-order valence-electron chi connectivity index (χ0n) is 15.1. The molecule has 6 nitrogen and oxygen atoms in total. The van der Waals surface area contributed by atoms with Crippen LogP contribution >= 0.6 is 0 Å². The van der Waals surface area contributed by atoms with E-state index in [0.717, 1.165) is 5.56 Å². The molecule has 0 spiro atoms. The zero-order chi connectivity index (χ0) is 20.9. The third-order valence-electron chi connectivity index (χ3n) is 3.67. The van der Waals surface area contributed by atoms with Gasteiger partial charge in [0.1, 0.15) is 17.2 Å². The number of alkyl halides is 3. The van der Waals surface area contributed by atoms with Crippen molar-refractivity contribution in [2.24, 2.45) is 0 Å². The first kappa shape index (κ1) is 21.5. The van der Waals surface area contributed by atoms with Gasteiger partial charge in [0.05, 0.1) is 13.5 Å². The fourth-order valence-corrected chi connectivity index (χ4v) is 3.66. The second-order valence-corrected chi connectivity index (χ2v) is 7.68. The zero-order valence-corrected chi connectivity index (χ0v) is 15.9. The van der Waals surface area contributed by atoms with E-state index in [9.17, 15) is 26.4 Å². The average Bonchev–Trinajstić information content (AvgIpc) is 2.61. The summed E-state index contributed by atoms with van der Waals surface area (Å²) in [5.41, 5.74) is 1.42. The lowest BCUT2D eigenvalue weighted by molar-refractivity contribution is -0.138. The summed E-state index contributed by atoms with van der Waals surface area (Å²) in [6.07, 6.45) is -4.73. The largest absolute Gasteiger partial charge is 0.495 e. The number of halogens is 3. The molecule has 2 rings (SSSR count). The minimum atomic E-state index is -4.48. The fraction of sp³-hybridized carbons (Fsp3) is 0.278. The van der Waals surface area contributed by atoms with Crippen molar-refractivity contribution in [2.45, 2.75) is 24.4 Å². The Bertz CT molecular complexity index is 942. The third kappa shape index (κ3) is 6.15. The normalized spacial score (nSPS) is 11.8. The van der Waals surface area contributed by atoms with Crippen molar-refractivity contribution in [3.63, 3.8) is 0 Å². The molecule has 0 aliphatic heterocycles. The lowest BCUT2D eigenvalue weighted by Gasteiger charge is -2.13. The molecule has 1 amide bonds. The summed E-state index contributed by atoms with van der Waals surface area (Å²) in [6.45, 7) is 0.346. The van der Waals surface area contributed by atoms with Crippen LogP contribution in [-0.2, 0) is 21.2 Å². The highest BCUT2D eigenvalue weighted by atomic mass is 32.2. The number of hydrogen-bond acceptors (Lipinski definition) is 4. The molecular weight excluding hydrogens is 397 g/mol. The molecule has 0 aromatic heterocycles. The molecule has 0 saturated carbocycles. The maximum atomic E-state index is 12.6. The number of benzene rings is 2. The number of ether oxygens (including phenoxy) is 1. The van der Waals surface area contributed by atoms with Crippen molar-refractivity contribution in [3.05, 3.63) is 53.6 Å². The highest BCUT2D eigenvalue weighted by Gasteiger charge is 2.27. The number of nitrogens with one attached hydrogen (secondary N) is 2. The van der Waals surface area contributed by atoms with Crippen molar-refractivity contribution in [2.75, 3.05) is 18.4 Å². The maximum absolute atomic E-state index is 12.6. The van der Waals surface area contributed by atoms with Gasteiger partial charge < -0.3 is 10.1 Å². The van der Waals surface area contributed by atoms with E-state index in [-0.39, 0.29) is 22.8 Å². The van der Waals surface area contributed by atoms with Crippen LogP contribution in [0.4, 0.5) is 18.9 Å². The molecule has 2 aromatic carbocycles. The number of sulfonamides is 1. The number of carbonyl (C=O) groups is 1. The minimum absolute atomic E-state index is 0.0226. The lowest BCUT2D eigenvalue weighted by atomic mass is 10.1. The standard InChI is InChI=1S/C18H19F3N2O4S/c1-12-3-8-15(27-2)16(9-12)28(25,26)23-14-6-4-13(5-7-14)10-17(24)22-11-18(19,20)21/h3-9,23H,10-11H2,1-2H3,(H,22,24). The van der Waals surface area contributed by atoms with Gasteiger partial charge in [-0.3, -0.25) is 9.52 Å². The number of methoxy groups -OCH3 is 1. The van der Waals surface area contributed by atoms with Gasteiger partial charge in [-0.1, -0.05) is 18.2 Å². The molecule has 0 saturated heterocycles. The summed E-state index contributed by atoms with van der Waals surface area (Å²) in [7, 11) is -2.56. The third-order valence-corrected chi connectivity index (χ3v) is 5.07. The highest BCUT2D eigenvalue weighted by molar-refractivity contribution is 7.92. The van der Waals surface area contributed by atoms with Crippen LogP contribution < -0.4 is 14.8 Å². The Hall–Kier alpha value is -2.75. The van der Waals surface area contributed by atoms with Crippen molar-refractivity contribution in [1.29, 1.82) is 0 Å². The SMILES string of the molecule is COc1ccc(C)cc1S(=O)(=O)Nc1ccc(CC(=O)NCC(F)(F)F)cc1. The van der Waals surface area contributed by atoms with Gasteiger partial charge in [0.2, 0.25) is 5.91 Å². The van der Waals surface area contributed by atoms with Crippen LogP contribution in [0.5, 0.6) is 5.75 Å². The first-order valence-corrected chi connectivity index (χ1v) is 9.58. The molecule has 0 unspecified atom stereocenters. The summed E-state index contributed by atoms with van der Waals surface area (Å²) >= 11 is 0. The van der Waals surface area contributed by atoms with E-state index >= 15 is 0 Å². The van der Waals surface area contributed by atoms with Crippen LogP contribution in [0.1, 0.15) is 11.1 Å². The lowest BCUT2D eigenvalue weighted by Crippen LogP contribution is -2.34. The molecule has 0 aliphatic carbocycles. The number of hydrogen-bond donors (Lipinski definition) is 2. The molecule has 2 aromatic rings. The predicted molar refractivity (Wildman–Crippen MR) is 97.8 cm³/mol. The number of anilines is 1. The number of rotatable bonds is 7. The van der Waals surface area contributed by atoms with E-state index in [1.54, 1.807) is 24.4 Å². The van der Waals surface area contributed by atoms with E-state index in [1.165, 1.54) is 37.4 Å². The molecule has 0 radical (unpaired) electrons. The Morgan fingerprint density at radius 3 is 2.32 bits per heavy atom. The van der Waals surface area contributed by atoms with Gasteiger partial charge in [-0.05, 0) is 42.3 Å². The van der Waals surface area contributed by atoms with Crippen LogP contribution in [-0.4, -0.2) is 34.2 Å². The van der Waals surface area contributed by atoms with Crippen LogP contribution in [0.2, 0.25) is 0 Å². The van der Waals surface area contributed by atoms with Gasteiger partial charge >= 0.3 is 6.18 Å². The molecule has 28 heavy (non-hydrogen) atoms. The molecule has 152 valence electrons. The molecule has 0 atom stereocenters. The molecule has 0 heterocycles. The summed E-state index contributed by atoms with van der Waals surface area (Å²) in [5, 5.41) is 1.77. The summed E-state index contributed by atoms with van der Waals surface area (Å²) in [5.74, 6) is -0.591. The monoisotopic (exact) mass is 416 g/mol. The van der Waals surface area contributed by atoms with E-state index in [1.807, 2.05) is 0 Å². The van der Waals surface area contributed by atoms with Crippen LogP contribution in [0.25, 0.3) is 0 Å². The molecule has 0 fully saturated rings. The summed E-state index contributed by atoms with van der Waals surface area (Å²) in [6, 6.07) is 10.5. The van der Waals surface area contributed by atoms with Gasteiger partial charge in [-0.15, -0.1) is 0 Å². The minimum Gasteiger partial charge on any atom is -0.495 e. The molecular formula is C18H19F3N2O4S. The van der Waals surface area contributed by atoms with Crippen LogP contribution in [0.3, 0.4) is 0 Å². The Kier molecular flexibility index (Phi) is 6.55. The molecule has 10 heteroatoms. The van der Waals surface area contributed by atoms with Crippen molar-refractivity contribution >= 4 is 21.6 Å². The topological polar surface area (TPSA) is 84.5 Å². The second kappa shape index (κ2) is 8.51. The second-order valence-electron chi connectivity index (χ2n) is 6.03. The van der Waals surface area contributed by atoms with E-state index < -0.39 is 28.7 Å². The number of aryl methyl sites for hydroxylation is 1. The van der Waals surface area contributed by atoms with Gasteiger partial charge in [-0.2, -0.15) is 13.2 Å². The van der Waals surface area contributed by atoms with Crippen molar-refractivity contribution < 1.29 is 31.1 Å². The van der Waals surface area contributed by atoms with Crippen LogP contribution in [0, 0.1) is 6.92 Å². The predicted octanol–water partition coefficient (Wildman–Crippen LogP) is 3.03. The van der Waals surface area contributed by atoms with Crippen molar-refractivity contribution in [1.82, 2.24) is 5.32 Å². The average molecular weight is 416 g/mol. The number of amides is 1. The Balaban J connectivity index is 2.08. The van der Waals surface area contributed by atoms with E-state index in [4.69, 9.17) is 4.74 Å². The molecule has 0 bridgehead atoms. The first-order valence-electron chi connectivity index (χ1n) is 8.10. The Labute approximate surface area is 160 Å². The quantitative estimate of drug-likeness (QED) is 0.727. The van der Waals surface area contributed by atoms with Crippen LogP contribution in [0.15, 0.2) is 47.4 Å². The number of carbonyl (C=O) groups excluding carboxylic acids is 1.